The Morgan fingerprint density at radius 3 is 2.29 bits per heavy atom. The van der Waals surface area contributed by atoms with Crippen molar-refractivity contribution in [2.75, 3.05) is 0 Å². The molecule has 24 heavy (non-hydrogen) atoms. The predicted molar refractivity (Wildman–Crippen MR) is 87.9 cm³/mol. The van der Waals surface area contributed by atoms with E-state index in [9.17, 15) is 18.0 Å². The number of rotatable bonds is 6. The van der Waals surface area contributed by atoms with E-state index in [2.05, 4.69) is 5.32 Å². The Morgan fingerprint density at radius 2 is 1.79 bits per heavy atom. The number of nitrogens with one attached hydrogen (secondary N) is 1. The molecule has 0 aliphatic heterocycles. The monoisotopic (exact) mass is 357 g/mol. The van der Waals surface area contributed by atoms with E-state index in [4.69, 9.17) is 5.11 Å². The van der Waals surface area contributed by atoms with Gasteiger partial charge >= 0.3 is 12.1 Å². The van der Waals surface area contributed by atoms with Crippen molar-refractivity contribution in [1.82, 2.24) is 5.32 Å². The SMILES string of the molecule is CC(C)[C@H](NCc1ccc(-c2ccc(C(F)(F)F)cc2)s1)C(=O)O. The summed E-state index contributed by atoms with van der Waals surface area (Å²) in [5.41, 5.74) is 0.0313. The van der Waals surface area contributed by atoms with Gasteiger partial charge in [-0.15, -0.1) is 11.3 Å². The summed E-state index contributed by atoms with van der Waals surface area (Å²) in [6.07, 6.45) is -4.34. The van der Waals surface area contributed by atoms with Gasteiger partial charge in [0.05, 0.1) is 5.56 Å². The molecule has 3 nitrogen and oxygen atoms in total. The Bertz CT molecular complexity index is 693. The van der Waals surface area contributed by atoms with E-state index in [1.165, 1.54) is 23.5 Å². The summed E-state index contributed by atoms with van der Waals surface area (Å²) in [6, 6.07) is 8.05. The fourth-order valence-corrected chi connectivity index (χ4v) is 3.23. The van der Waals surface area contributed by atoms with Crippen LogP contribution < -0.4 is 5.32 Å². The Hall–Kier alpha value is -1.86. The second-order valence-corrected chi connectivity index (χ2v) is 6.95. The number of carboxylic acids is 1. The summed E-state index contributed by atoms with van der Waals surface area (Å²) >= 11 is 1.43. The van der Waals surface area contributed by atoms with Gasteiger partial charge in [-0.05, 0) is 35.7 Å². The lowest BCUT2D eigenvalue weighted by atomic mass is 10.1. The van der Waals surface area contributed by atoms with Gasteiger partial charge in [0.25, 0.3) is 0 Å². The standard InChI is InChI=1S/C17H18F3NO2S/c1-10(2)15(16(22)23)21-9-13-7-8-14(24-13)11-3-5-12(6-4-11)17(18,19)20/h3-8,10,15,21H,9H2,1-2H3,(H,22,23)/t15-/m0/s1. The van der Waals surface area contributed by atoms with Crippen molar-refractivity contribution < 1.29 is 23.1 Å². The Balaban J connectivity index is 2.06. The van der Waals surface area contributed by atoms with Crippen LogP contribution in [0.3, 0.4) is 0 Å². The lowest BCUT2D eigenvalue weighted by molar-refractivity contribution is -0.140. The highest BCUT2D eigenvalue weighted by Gasteiger charge is 2.30. The van der Waals surface area contributed by atoms with Gasteiger partial charge in [-0.25, -0.2) is 0 Å². The first-order valence-corrected chi connectivity index (χ1v) is 8.22. The van der Waals surface area contributed by atoms with Gasteiger partial charge < -0.3 is 5.11 Å². The third-order valence-electron chi connectivity index (χ3n) is 3.59. The van der Waals surface area contributed by atoms with Crippen LogP contribution in [-0.2, 0) is 17.5 Å². The van der Waals surface area contributed by atoms with Crippen LogP contribution in [0.15, 0.2) is 36.4 Å². The normalized spacial score (nSPS) is 13.2. The first kappa shape index (κ1) is 18.5. The second kappa shape index (κ2) is 7.36. The maximum atomic E-state index is 12.6. The first-order chi connectivity index (χ1) is 11.2. The molecule has 0 radical (unpaired) electrons. The molecule has 0 saturated heterocycles. The van der Waals surface area contributed by atoms with Gasteiger partial charge in [0, 0.05) is 16.3 Å². The predicted octanol–water partition coefficient (Wildman–Crippen LogP) is 4.63. The summed E-state index contributed by atoms with van der Waals surface area (Å²) in [7, 11) is 0. The fourth-order valence-electron chi connectivity index (χ4n) is 2.27. The summed E-state index contributed by atoms with van der Waals surface area (Å²) in [5, 5.41) is 12.1. The first-order valence-electron chi connectivity index (χ1n) is 7.41. The fraction of sp³-hybridized carbons (Fsp3) is 0.353. The molecule has 1 aromatic heterocycles. The molecule has 2 aromatic rings. The Labute approximate surface area is 142 Å². The summed E-state index contributed by atoms with van der Waals surface area (Å²) in [6.45, 7) is 4.06. The van der Waals surface area contributed by atoms with Gasteiger partial charge in [-0.1, -0.05) is 26.0 Å². The highest BCUT2D eigenvalue weighted by molar-refractivity contribution is 7.15. The zero-order valence-corrected chi connectivity index (χ0v) is 14.0. The zero-order valence-electron chi connectivity index (χ0n) is 13.2. The number of thiophene rings is 1. The Morgan fingerprint density at radius 1 is 1.17 bits per heavy atom. The third-order valence-corrected chi connectivity index (χ3v) is 4.72. The van der Waals surface area contributed by atoms with Crippen LogP contribution in [0, 0.1) is 5.92 Å². The number of carbonyl (C=O) groups is 1. The summed E-state index contributed by atoms with van der Waals surface area (Å²) in [5.74, 6) is -0.943. The van der Waals surface area contributed by atoms with Crippen LogP contribution in [0.4, 0.5) is 13.2 Å². The van der Waals surface area contributed by atoms with Gasteiger partial charge in [-0.2, -0.15) is 13.2 Å². The molecule has 0 saturated carbocycles. The molecule has 0 bridgehead atoms. The minimum atomic E-state index is -4.34. The van der Waals surface area contributed by atoms with E-state index in [0.29, 0.717) is 12.1 Å². The molecule has 2 N–H and O–H groups in total. The molecule has 0 fully saturated rings. The van der Waals surface area contributed by atoms with E-state index < -0.39 is 23.8 Å². The molecule has 1 atom stereocenters. The number of hydrogen-bond donors (Lipinski definition) is 2. The quantitative estimate of drug-likeness (QED) is 0.792. The van der Waals surface area contributed by atoms with Crippen molar-refractivity contribution in [1.29, 1.82) is 0 Å². The average molecular weight is 357 g/mol. The van der Waals surface area contributed by atoms with Gasteiger partial charge in [-0.3, -0.25) is 10.1 Å². The van der Waals surface area contributed by atoms with Crippen LogP contribution in [0.2, 0.25) is 0 Å². The summed E-state index contributed by atoms with van der Waals surface area (Å²) in [4.78, 5) is 12.9. The van der Waals surface area contributed by atoms with Crippen LogP contribution in [0.25, 0.3) is 10.4 Å². The van der Waals surface area contributed by atoms with E-state index in [1.807, 2.05) is 26.0 Å². The molecular formula is C17H18F3NO2S. The lowest BCUT2D eigenvalue weighted by Crippen LogP contribution is -2.40. The number of halogens is 3. The number of hydrogen-bond acceptors (Lipinski definition) is 3. The molecule has 0 amide bonds. The van der Waals surface area contributed by atoms with Crippen molar-refractivity contribution in [3.8, 4) is 10.4 Å². The van der Waals surface area contributed by atoms with Crippen LogP contribution in [0.1, 0.15) is 24.3 Å². The highest BCUT2D eigenvalue weighted by Crippen LogP contribution is 2.33. The average Bonchev–Trinajstić information content (AvgIpc) is 2.95. The molecule has 0 aliphatic rings. The van der Waals surface area contributed by atoms with Gasteiger partial charge in [0.2, 0.25) is 0 Å². The van der Waals surface area contributed by atoms with Crippen molar-refractivity contribution in [3.05, 3.63) is 46.8 Å². The maximum Gasteiger partial charge on any atom is 0.416 e. The van der Waals surface area contributed by atoms with Gasteiger partial charge in [0.15, 0.2) is 0 Å². The van der Waals surface area contributed by atoms with Crippen molar-refractivity contribution in [3.63, 3.8) is 0 Å². The zero-order chi connectivity index (χ0) is 17.9. The minimum absolute atomic E-state index is 0.0446. The maximum absolute atomic E-state index is 12.6. The molecule has 130 valence electrons. The number of benzene rings is 1. The highest BCUT2D eigenvalue weighted by atomic mass is 32.1. The largest absolute Gasteiger partial charge is 0.480 e. The van der Waals surface area contributed by atoms with Crippen molar-refractivity contribution in [2.45, 2.75) is 32.6 Å². The molecular weight excluding hydrogens is 339 g/mol. The number of carboxylic acid groups (broad SMARTS) is 1. The lowest BCUT2D eigenvalue weighted by Gasteiger charge is -2.17. The van der Waals surface area contributed by atoms with Crippen molar-refractivity contribution >= 4 is 17.3 Å². The van der Waals surface area contributed by atoms with Crippen molar-refractivity contribution in [2.24, 2.45) is 5.92 Å². The number of aliphatic carboxylic acids is 1. The molecule has 0 aliphatic carbocycles. The Kier molecular flexibility index (Phi) is 5.66. The topological polar surface area (TPSA) is 49.3 Å². The van der Waals surface area contributed by atoms with Crippen LogP contribution in [-0.4, -0.2) is 17.1 Å². The molecule has 0 spiro atoms. The molecule has 1 heterocycles. The van der Waals surface area contributed by atoms with E-state index in [1.54, 1.807) is 0 Å². The molecule has 2 rings (SSSR count). The molecule has 1 aromatic carbocycles. The third kappa shape index (κ3) is 4.58. The molecule has 0 unspecified atom stereocenters. The number of alkyl halides is 3. The molecule has 7 heteroatoms. The second-order valence-electron chi connectivity index (χ2n) is 5.78. The minimum Gasteiger partial charge on any atom is -0.480 e. The van der Waals surface area contributed by atoms with E-state index in [0.717, 1.165) is 21.9 Å². The summed E-state index contributed by atoms with van der Waals surface area (Å²) < 4.78 is 37.7. The van der Waals surface area contributed by atoms with Crippen LogP contribution in [0.5, 0.6) is 0 Å². The van der Waals surface area contributed by atoms with Crippen LogP contribution >= 0.6 is 11.3 Å². The smallest absolute Gasteiger partial charge is 0.416 e. The van der Waals surface area contributed by atoms with E-state index in [-0.39, 0.29) is 5.92 Å². The van der Waals surface area contributed by atoms with E-state index >= 15 is 0 Å². The van der Waals surface area contributed by atoms with Gasteiger partial charge in [0.1, 0.15) is 6.04 Å².